The lowest BCUT2D eigenvalue weighted by Gasteiger charge is -1.98. The van der Waals surface area contributed by atoms with Crippen molar-refractivity contribution in [2.24, 2.45) is 0 Å². The van der Waals surface area contributed by atoms with Gasteiger partial charge in [-0.3, -0.25) is 0 Å². The molecule has 6 heteroatoms. The molecule has 0 saturated heterocycles. The molecule has 0 fully saturated rings. The van der Waals surface area contributed by atoms with Crippen LogP contribution in [0.2, 0.25) is 0 Å². The Morgan fingerprint density at radius 1 is 1.36 bits per heavy atom. The summed E-state index contributed by atoms with van der Waals surface area (Å²) in [7, 11) is 0. The maximum atomic E-state index is 10.3. The second kappa shape index (κ2) is 5.21. The highest BCUT2D eigenvalue weighted by Gasteiger charge is 2.05. The van der Waals surface area contributed by atoms with Gasteiger partial charge in [0.1, 0.15) is 0 Å². The molecule has 1 N–H and O–H groups in total. The summed E-state index contributed by atoms with van der Waals surface area (Å²) in [5, 5.41) is 7.99. The summed E-state index contributed by atoms with van der Waals surface area (Å²) in [5.74, 6) is -2.19. The maximum absolute atomic E-state index is 10.3. The van der Waals surface area contributed by atoms with Gasteiger partial charge in [0.25, 0.3) is 0 Å². The number of rotatable bonds is 5. The molecule has 0 aromatic rings. The third-order valence-electron chi connectivity index (χ3n) is 0.606. The van der Waals surface area contributed by atoms with Crippen molar-refractivity contribution in [1.82, 2.24) is 0 Å². The van der Waals surface area contributed by atoms with Crippen LogP contribution < -0.4 is 0 Å². The number of carbonyl (C=O) groups is 2. The number of carboxylic acid groups (broad SMARTS) is 1. The van der Waals surface area contributed by atoms with Crippen molar-refractivity contribution in [3.05, 3.63) is 0 Å². The largest absolute Gasteiger partial charge is 0.479 e. The molecule has 1 radical (unpaired) electrons. The van der Waals surface area contributed by atoms with Crippen LogP contribution in [0.1, 0.15) is 0 Å². The van der Waals surface area contributed by atoms with Crippen molar-refractivity contribution in [2.45, 2.75) is 0 Å². The average Bonchev–Trinajstić information content (AvgIpc) is 1.97. The van der Waals surface area contributed by atoms with Gasteiger partial charge in [-0.15, -0.1) is 0 Å². The standard InChI is InChI=1S/C5H5O6/c6-3-10-2-5(9)11-1-4(7)8/h1-2H2,(H,7,8). The minimum Gasteiger partial charge on any atom is -0.479 e. The lowest BCUT2D eigenvalue weighted by molar-refractivity contribution is -0.156. The van der Waals surface area contributed by atoms with Gasteiger partial charge in [0, 0.05) is 0 Å². The van der Waals surface area contributed by atoms with E-state index in [-0.39, 0.29) is 0 Å². The van der Waals surface area contributed by atoms with Gasteiger partial charge in [-0.05, 0) is 0 Å². The molecule has 0 aliphatic heterocycles. The van der Waals surface area contributed by atoms with Crippen LogP contribution >= 0.6 is 0 Å². The van der Waals surface area contributed by atoms with Gasteiger partial charge in [-0.2, -0.15) is 0 Å². The fourth-order valence-electron chi connectivity index (χ4n) is 0.272. The van der Waals surface area contributed by atoms with Crippen molar-refractivity contribution in [1.29, 1.82) is 0 Å². The van der Waals surface area contributed by atoms with Crippen molar-refractivity contribution >= 4 is 18.4 Å². The van der Waals surface area contributed by atoms with Crippen molar-refractivity contribution in [3.63, 3.8) is 0 Å². The highest BCUT2D eigenvalue weighted by Crippen LogP contribution is 1.79. The summed E-state index contributed by atoms with van der Waals surface area (Å²) in [5.41, 5.74) is 0. The highest BCUT2D eigenvalue weighted by atomic mass is 16.6. The summed E-state index contributed by atoms with van der Waals surface area (Å²) in [4.78, 5) is 29.5. The number of carbonyl (C=O) groups excluding carboxylic acids is 2. The van der Waals surface area contributed by atoms with Crippen LogP contribution in [-0.4, -0.2) is 36.7 Å². The quantitative estimate of drug-likeness (QED) is 0.504. The molecule has 0 heterocycles. The number of carboxylic acids is 1. The predicted octanol–water partition coefficient (Wildman–Crippen LogP) is -1.30. The first-order chi connectivity index (χ1) is 5.16. The smallest absolute Gasteiger partial charge is 0.418 e. The molecule has 0 spiro atoms. The maximum Gasteiger partial charge on any atom is 0.418 e. The summed E-state index contributed by atoms with van der Waals surface area (Å²) in [6.45, 7) is -0.361. The molecule has 0 aliphatic carbocycles. The molecule has 0 unspecified atom stereocenters. The molecule has 0 bridgehead atoms. The van der Waals surface area contributed by atoms with E-state index in [1.807, 2.05) is 0 Å². The first kappa shape index (κ1) is 9.41. The third-order valence-corrected chi connectivity index (χ3v) is 0.606. The van der Waals surface area contributed by atoms with Gasteiger partial charge in [0.05, 0.1) is 0 Å². The van der Waals surface area contributed by atoms with Gasteiger partial charge < -0.3 is 14.6 Å². The molecular weight excluding hydrogens is 156 g/mol. The molecule has 0 rings (SSSR count). The zero-order valence-electron chi connectivity index (χ0n) is 5.40. The molecule has 0 aromatic carbocycles. The molecule has 0 saturated carbocycles. The van der Waals surface area contributed by atoms with E-state index in [1.54, 1.807) is 0 Å². The normalized spacial score (nSPS) is 8.36. The van der Waals surface area contributed by atoms with Crippen molar-refractivity contribution in [3.8, 4) is 0 Å². The van der Waals surface area contributed by atoms with Crippen LogP contribution in [0.4, 0.5) is 0 Å². The molecule has 6 nitrogen and oxygen atoms in total. The second-order valence-electron chi connectivity index (χ2n) is 1.43. The van der Waals surface area contributed by atoms with Gasteiger partial charge in [-0.1, -0.05) is 0 Å². The third kappa shape index (κ3) is 6.29. The van der Waals surface area contributed by atoms with Gasteiger partial charge in [-0.25, -0.2) is 14.4 Å². The zero-order valence-corrected chi connectivity index (χ0v) is 5.40. The Kier molecular flexibility index (Phi) is 4.46. The van der Waals surface area contributed by atoms with E-state index in [9.17, 15) is 14.4 Å². The number of hydrogen-bond acceptors (Lipinski definition) is 5. The molecule has 61 valence electrons. The van der Waals surface area contributed by atoms with Crippen LogP contribution in [0, 0.1) is 0 Å². The molecule has 0 atom stereocenters. The Bertz CT molecular complexity index is 162. The van der Waals surface area contributed by atoms with Crippen LogP contribution in [0.5, 0.6) is 0 Å². The summed E-state index contributed by atoms with van der Waals surface area (Å²) in [6.07, 6.45) is 0. The van der Waals surface area contributed by atoms with E-state index in [4.69, 9.17) is 5.11 Å². The van der Waals surface area contributed by atoms with E-state index in [2.05, 4.69) is 9.47 Å². The van der Waals surface area contributed by atoms with E-state index in [1.165, 1.54) is 0 Å². The summed E-state index contributed by atoms with van der Waals surface area (Å²) < 4.78 is 7.92. The fraction of sp³-hybridized carbons (Fsp3) is 0.400. The zero-order chi connectivity index (χ0) is 8.69. The molecule has 0 amide bonds. The van der Waals surface area contributed by atoms with Crippen LogP contribution in [0.3, 0.4) is 0 Å². The Balaban J connectivity index is 3.37. The van der Waals surface area contributed by atoms with Crippen molar-refractivity contribution in [2.75, 3.05) is 13.2 Å². The Hall–Kier alpha value is -1.59. The van der Waals surface area contributed by atoms with Gasteiger partial charge in [0.15, 0.2) is 13.2 Å². The SMILES string of the molecule is O=[C]OCC(=O)OCC(=O)O. The van der Waals surface area contributed by atoms with Gasteiger partial charge in [0.2, 0.25) is 0 Å². The highest BCUT2D eigenvalue weighted by molar-refractivity contribution is 5.76. The number of ether oxygens (including phenoxy) is 2. The minimum absolute atomic E-state index is 0.614. The Labute approximate surface area is 61.7 Å². The topological polar surface area (TPSA) is 89.9 Å². The van der Waals surface area contributed by atoms with Crippen LogP contribution in [0.25, 0.3) is 0 Å². The molecular formula is C5H5O6. The van der Waals surface area contributed by atoms with Crippen LogP contribution in [0.15, 0.2) is 0 Å². The lowest BCUT2D eigenvalue weighted by Crippen LogP contribution is -2.17. The van der Waals surface area contributed by atoms with E-state index >= 15 is 0 Å². The first-order valence-corrected chi connectivity index (χ1v) is 2.53. The number of esters is 1. The van der Waals surface area contributed by atoms with Crippen molar-refractivity contribution < 1.29 is 29.0 Å². The number of aliphatic carboxylic acids is 1. The Morgan fingerprint density at radius 3 is 2.45 bits per heavy atom. The predicted molar refractivity (Wildman–Crippen MR) is 30.2 cm³/mol. The lowest BCUT2D eigenvalue weighted by atomic mass is 10.7. The molecule has 11 heavy (non-hydrogen) atoms. The second-order valence-corrected chi connectivity index (χ2v) is 1.43. The number of hydrogen-bond donors (Lipinski definition) is 1. The van der Waals surface area contributed by atoms with E-state index in [0.717, 1.165) is 6.47 Å². The summed E-state index contributed by atoms with van der Waals surface area (Å²) >= 11 is 0. The minimum atomic E-state index is -1.27. The monoisotopic (exact) mass is 161 g/mol. The van der Waals surface area contributed by atoms with Crippen LogP contribution in [-0.2, 0) is 23.9 Å². The fourth-order valence-corrected chi connectivity index (χ4v) is 0.272. The van der Waals surface area contributed by atoms with E-state index in [0.29, 0.717) is 0 Å². The first-order valence-electron chi connectivity index (χ1n) is 2.53. The van der Waals surface area contributed by atoms with Gasteiger partial charge >= 0.3 is 18.4 Å². The molecule has 0 aliphatic rings. The summed E-state index contributed by atoms with van der Waals surface area (Å²) in [6, 6.07) is 0. The molecule has 0 aromatic heterocycles. The average molecular weight is 161 g/mol. The Morgan fingerprint density at radius 2 is 2.00 bits per heavy atom. The van der Waals surface area contributed by atoms with E-state index < -0.39 is 25.2 Å².